The van der Waals surface area contributed by atoms with Crippen molar-refractivity contribution >= 4 is 0 Å². The van der Waals surface area contributed by atoms with Crippen LogP contribution in [0.1, 0.15) is 120 Å². The second-order valence-corrected chi connectivity index (χ2v) is 14.8. The number of fused-ring (bicyclic) bond motifs is 5. The summed E-state index contributed by atoms with van der Waals surface area (Å²) in [5.41, 5.74) is 0.0921. The minimum Gasteiger partial charge on any atom is -0.387 e. The number of hydrogen-bond donors (Lipinski definition) is 1. The standard InChI is InChI=1S/C30H52O3/c1-20(11-12-24-25(2,3)33-24)21-13-15-29(8)22-14-16-30(26(4,5)31)23(10-9-19-32-30)27(22,6)17-18-28(21,29)7/h20-24,31H,9-19H2,1-8H3. The van der Waals surface area contributed by atoms with E-state index in [0.717, 1.165) is 37.2 Å². The van der Waals surface area contributed by atoms with Gasteiger partial charge in [0, 0.05) is 6.61 Å². The van der Waals surface area contributed by atoms with E-state index < -0.39 is 5.60 Å². The van der Waals surface area contributed by atoms with E-state index in [9.17, 15) is 5.11 Å². The van der Waals surface area contributed by atoms with E-state index in [1.165, 1.54) is 51.4 Å². The molecule has 0 aromatic carbocycles. The first-order valence-corrected chi connectivity index (χ1v) is 14.3. The average molecular weight is 461 g/mol. The van der Waals surface area contributed by atoms with Crippen molar-refractivity contribution in [3.63, 3.8) is 0 Å². The highest BCUT2D eigenvalue weighted by atomic mass is 16.6. The molecule has 3 heteroatoms. The molecule has 0 aromatic heterocycles. The molecule has 2 saturated heterocycles. The molecular weight excluding hydrogens is 408 g/mol. The molecule has 3 saturated carbocycles. The normalized spacial score (nSPS) is 51.9. The second-order valence-electron chi connectivity index (χ2n) is 14.8. The third-order valence-electron chi connectivity index (χ3n) is 12.8. The molecule has 1 N–H and O–H groups in total. The van der Waals surface area contributed by atoms with Crippen molar-refractivity contribution in [2.45, 2.75) is 143 Å². The molecule has 2 heterocycles. The molecule has 3 nitrogen and oxygen atoms in total. The summed E-state index contributed by atoms with van der Waals surface area (Å²) in [6, 6.07) is 0. The molecule has 0 aromatic rings. The number of hydrogen-bond acceptors (Lipinski definition) is 3. The van der Waals surface area contributed by atoms with Crippen LogP contribution in [0, 0.1) is 39.9 Å². The van der Waals surface area contributed by atoms with Gasteiger partial charge < -0.3 is 14.6 Å². The summed E-state index contributed by atoms with van der Waals surface area (Å²) in [5, 5.41) is 11.4. The van der Waals surface area contributed by atoms with Gasteiger partial charge >= 0.3 is 0 Å². The Labute approximate surface area is 203 Å². The molecule has 190 valence electrons. The van der Waals surface area contributed by atoms with E-state index in [1.54, 1.807) is 0 Å². The van der Waals surface area contributed by atoms with Crippen LogP contribution in [0.5, 0.6) is 0 Å². The third kappa shape index (κ3) is 3.30. The number of aliphatic hydroxyl groups is 1. The fraction of sp³-hybridized carbons (Fsp3) is 1.00. The maximum absolute atomic E-state index is 11.4. The summed E-state index contributed by atoms with van der Waals surface area (Å²) < 4.78 is 12.5. The topological polar surface area (TPSA) is 42.0 Å². The Kier molecular flexibility index (Phi) is 5.55. The molecular formula is C30H52O3. The zero-order valence-electron chi connectivity index (χ0n) is 22.9. The quantitative estimate of drug-likeness (QED) is 0.443. The van der Waals surface area contributed by atoms with Crippen molar-refractivity contribution in [2.24, 2.45) is 39.9 Å². The first-order valence-electron chi connectivity index (χ1n) is 14.3. The van der Waals surface area contributed by atoms with Crippen molar-refractivity contribution < 1.29 is 14.6 Å². The lowest BCUT2D eigenvalue weighted by Crippen LogP contribution is -2.69. The van der Waals surface area contributed by atoms with Gasteiger partial charge in [0.15, 0.2) is 0 Å². The molecule has 0 bridgehead atoms. The van der Waals surface area contributed by atoms with E-state index in [-0.39, 0.29) is 16.6 Å². The maximum Gasteiger partial charge on any atom is 0.0995 e. The molecule has 9 atom stereocenters. The maximum atomic E-state index is 11.4. The van der Waals surface area contributed by atoms with Crippen LogP contribution >= 0.6 is 0 Å². The van der Waals surface area contributed by atoms with Gasteiger partial charge in [-0.2, -0.15) is 0 Å². The molecule has 33 heavy (non-hydrogen) atoms. The van der Waals surface area contributed by atoms with E-state index in [4.69, 9.17) is 9.47 Å². The van der Waals surface area contributed by atoms with Gasteiger partial charge in [0.05, 0.1) is 22.9 Å². The number of ether oxygens (including phenoxy) is 2. The van der Waals surface area contributed by atoms with Gasteiger partial charge in [0.2, 0.25) is 0 Å². The minimum absolute atomic E-state index is 0.123. The summed E-state index contributed by atoms with van der Waals surface area (Å²) in [6.07, 6.45) is 13.1. The number of rotatable bonds is 5. The van der Waals surface area contributed by atoms with Crippen molar-refractivity contribution in [3.05, 3.63) is 0 Å². The lowest BCUT2D eigenvalue weighted by molar-refractivity contribution is -0.291. The van der Waals surface area contributed by atoms with E-state index in [2.05, 4.69) is 41.5 Å². The zero-order valence-corrected chi connectivity index (χ0v) is 22.9. The Morgan fingerprint density at radius 1 is 0.909 bits per heavy atom. The van der Waals surface area contributed by atoms with Crippen LogP contribution in [0.2, 0.25) is 0 Å². The summed E-state index contributed by atoms with van der Waals surface area (Å²) >= 11 is 0. The van der Waals surface area contributed by atoms with Crippen molar-refractivity contribution in [1.82, 2.24) is 0 Å². The highest BCUT2D eigenvalue weighted by Crippen LogP contribution is 2.75. The van der Waals surface area contributed by atoms with Gasteiger partial charge in [-0.25, -0.2) is 0 Å². The summed E-state index contributed by atoms with van der Waals surface area (Å²) in [5.74, 6) is 2.83. The second kappa shape index (κ2) is 7.45. The molecule has 9 unspecified atom stereocenters. The molecule has 0 amide bonds. The predicted octanol–water partition coefficient (Wildman–Crippen LogP) is 7.15. The monoisotopic (exact) mass is 460 g/mol. The average Bonchev–Trinajstić information content (AvgIpc) is 3.25. The zero-order chi connectivity index (χ0) is 24.1. The number of epoxide rings is 1. The lowest BCUT2D eigenvalue weighted by Gasteiger charge is -2.69. The van der Waals surface area contributed by atoms with Crippen LogP contribution in [0.3, 0.4) is 0 Å². The van der Waals surface area contributed by atoms with Gasteiger partial charge in [-0.05, 0) is 132 Å². The molecule has 3 aliphatic carbocycles. The Hall–Kier alpha value is -0.120. The third-order valence-corrected chi connectivity index (χ3v) is 12.8. The van der Waals surface area contributed by atoms with E-state index >= 15 is 0 Å². The lowest BCUT2D eigenvalue weighted by atomic mass is 9.37. The van der Waals surface area contributed by atoms with Gasteiger partial charge in [-0.15, -0.1) is 0 Å². The van der Waals surface area contributed by atoms with E-state index in [1.807, 2.05) is 13.8 Å². The van der Waals surface area contributed by atoms with Gasteiger partial charge in [-0.3, -0.25) is 0 Å². The Morgan fingerprint density at radius 2 is 1.61 bits per heavy atom. The summed E-state index contributed by atoms with van der Waals surface area (Å²) in [6.45, 7) is 19.8. The van der Waals surface area contributed by atoms with Crippen LogP contribution in [0.4, 0.5) is 0 Å². The van der Waals surface area contributed by atoms with Gasteiger partial charge in [0.1, 0.15) is 0 Å². The Bertz CT molecular complexity index is 769. The van der Waals surface area contributed by atoms with Crippen molar-refractivity contribution in [1.29, 1.82) is 0 Å². The smallest absolute Gasteiger partial charge is 0.0995 e. The molecule has 2 aliphatic heterocycles. The van der Waals surface area contributed by atoms with Crippen molar-refractivity contribution in [2.75, 3.05) is 6.61 Å². The van der Waals surface area contributed by atoms with E-state index in [0.29, 0.717) is 22.9 Å². The highest BCUT2D eigenvalue weighted by Gasteiger charge is 2.71. The molecule has 5 aliphatic rings. The van der Waals surface area contributed by atoms with Crippen molar-refractivity contribution in [3.8, 4) is 0 Å². The van der Waals surface area contributed by atoms with Crippen LogP contribution in [0.25, 0.3) is 0 Å². The molecule has 5 rings (SSSR count). The first kappa shape index (κ1) is 24.6. The van der Waals surface area contributed by atoms with Crippen LogP contribution < -0.4 is 0 Å². The molecule has 0 radical (unpaired) electrons. The Morgan fingerprint density at radius 3 is 2.24 bits per heavy atom. The SMILES string of the molecule is CC(CCC1OC1(C)C)C1CCC2(C)C3CCC4(C(C)(C)O)OCCCC4C3(C)CCC12C. The molecule has 5 fully saturated rings. The van der Waals surface area contributed by atoms with Crippen LogP contribution in [-0.4, -0.2) is 34.6 Å². The molecule has 0 spiro atoms. The first-order chi connectivity index (χ1) is 15.2. The van der Waals surface area contributed by atoms with Crippen LogP contribution in [-0.2, 0) is 9.47 Å². The fourth-order valence-electron chi connectivity index (χ4n) is 10.5. The van der Waals surface area contributed by atoms with Gasteiger partial charge in [0.25, 0.3) is 0 Å². The van der Waals surface area contributed by atoms with Gasteiger partial charge in [-0.1, -0.05) is 27.7 Å². The minimum atomic E-state index is -0.779. The fourth-order valence-corrected chi connectivity index (χ4v) is 10.5. The Balaban J connectivity index is 1.40. The predicted molar refractivity (Wildman–Crippen MR) is 134 cm³/mol. The van der Waals surface area contributed by atoms with Crippen LogP contribution in [0.15, 0.2) is 0 Å². The summed E-state index contributed by atoms with van der Waals surface area (Å²) in [7, 11) is 0. The highest BCUT2D eigenvalue weighted by molar-refractivity contribution is 5.20. The largest absolute Gasteiger partial charge is 0.387 e. The summed E-state index contributed by atoms with van der Waals surface area (Å²) in [4.78, 5) is 0.